The van der Waals surface area contributed by atoms with E-state index < -0.39 is 0 Å². The smallest absolute Gasteiger partial charge is 0.255 e. The van der Waals surface area contributed by atoms with Crippen LogP contribution in [0.15, 0.2) is 40.8 Å². The minimum absolute atomic E-state index is 0.241. The quantitative estimate of drug-likeness (QED) is 0.578. The van der Waals surface area contributed by atoms with Crippen molar-refractivity contribution in [2.45, 2.75) is 26.2 Å². The number of amides is 1. The lowest BCUT2D eigenvalue weighted by Gasteiger charge is -2.20. The van der Waals surface area contributed by atoms with Gasteiger partial charge in [0.05, 0.1) is 11.3 Å². The molecule has 0 unspecified atom stereocenters. The molecule has 0 spiro atoms. The molecular formula is C21H23FN2O2S. The van der Waals surface area contributed by atoms with Crippen LogP contribution in [0.3, 0.4) is 0 Å². The molecule has 2 aromatic carbocycles. The number of rotatable bonds is 5. The zero-order chi connectivity index (χ0) is 19.7. The first-order valence-corrected chi connectivity index (χ1v) is 9.28. The van der Waals surface area contributed by atoms with Crippen LogP contribution in [0.2, 0.25) is 0 Å². The van der Waals surface area contributed by atoms with Crippen molar-refractivity contribution in [3.8, 4) is 11.3 Å². The first kappa shape index (κ1) is 19.3. The number of hydrogen-bond acceptors (Lipinski definition) is 4. The van der Waals surface area contributed by atoms with Crippen LogP contribution in [0.5, 0.6) is 0 Å². The second kappa shape index (κ2) is 7.64. The minimum Gasteiger partial charge on any atom is -0.455 e. The van der Waals surface area contributed by atoms with Gasteiger partial charge in [0.15, 0.2) is 0 Å². The van der Waals surface area contributed by atoms with Gasteiger partial charge in [0.1, 0.15) is 17.2 Å². The Morgan fingerprint density at radius 3 is 2.52 bits per heavy atom. The van der Waals surface area contributed by atoms with Gasteiger partial charge < -0.3 is 14.0 Å². The summed E-state index contributed by atoms with van der Waals surface area (Å²) < 4.78 is 21.1. The zero-order valence-corrected chi connectivity index (χ0v) is 16.7. The molecule has 3 rings (SSSR count). The van der Waals surface area contributed by atoms with Crippen molar-refractivity contribution < 1.29 is 13.6 Å². The highest BCUT2D eigenvalue weighted by molar-refractivity contribution is 7.81. The SMILES string of the molecule is CC[C@@H](C)c1cc2c(C(=O)NC)c(-c3ccc(F)cc3)oc2cc1N(C)S. The maximum absolute atomic E-state index is 13.3. The second-order valence-corrected chi connectivity index (χ2v) is 7.23. The van der Waals surface area contributed by atoms with Crippen LogP contribution in [-0.2, 0) is 0 Å². The first-order chi connectivity index (χ1) is 12.9. The minimum atomic E-state index is -0.339. The highest BCUT2D eigenvalue weighted by atomic mass is 32.1. The topological polar surface area (TPSA) is 45.5 Å². The third kappa shape index (κ3) is 3.54. The normalized spacial score (nSPS) is 12.2. The Morgan fingerprint density at radius 1 is 1.30 bits per heavy atom. The zero-order valence-electron chi connectivity index (χ0n) is 15.8. The Balaban J connectivity index is 2.34. The van der Waals surface area contributed by atoms with E-state index in [9.17, 15) is 9.18 Å². The van der Waals surface area contributed by atoms with E-state index in [0.717, 1.165) is 23.1 Å². The van der Waals surface area contributed by atoms with E-state index in [1.165, 1.54) is 12.1 Å². The highest BCUT2D eigenvalue weighted by Crippen LogP contribution is 2.40. The Bertz CT molecular complexity index is 980. The Labute approximate surface area is 163 Å². The number of furan rings is 1. The van der Waals surface area contributed by atoms with Crippen molar-refractivity contribution in [2.75, 3.05) is 18.4 Å². The Hall–Kier alpha value is -2.47. The van der Waals surface area contributed by atoms with Crippen molar-refractivity contribution in [2.24, 2.45) is 0 Å². The van der Waals surface area contributed by atoms with Gasteiger partial charge in [0.25, 0.3) is 5.91 Å². The lowest BCUT2D eigenvalue weighted by atomic mass is 9.94. The van der Waals surface area contributed by atoms with Crippen molar-refractivity contribution in [3.05, 3.63) is 53.3 Å². The summed E-state index contributed by atoms with van der Waals surface area (Å²) in [4.78, 5) is 12.6. The van der Waals surface area contributed by atoms with E-state index in [0.29, 0.717) is 28.4 Å². The van der Waals surface area contributed by atoms with Gasteiger partial charge in [0, 0.05) is 31.1 Å². The molecule has 0 radical (unpaired) electrons. The monoisotopic (exact) mass is 386 g/mol. The molecule has 0 saturated carbocycles. The van der Waals surface area contributed by atoms with Gasteiger partial charge in [-0.1, -0.05) is 26.7 Å². The van der Waals surface area contributed by atoms with Crippen LogP contribution < -0.4 is 9.62 Å². The van der Waals surface area contributed by atoms with Gasteiger partial charge in [-0.2, -0.15) is 0 Å². The number of anilines is 1. The average Bonchev–Trinajstić information content (AvgIpc) is 3.04. The summed E-state index contributed by atoms with van der Waals surface area (Å²) in [5.74, 6) is 0.142. The van der Waals surface area contributed by atoms with Crippen LogP contribution in [0.4, 0.5) is 10.1 Å². The fourth-order valence-corrected chi connectivity index (χ4v) is 3.37. The predicted octanol–water partition coefficient (Wildman–Crippen LogP) is 5.39. The summed E-state index contributed by atoms with van der Waals surface area (Å²) >= 11 is 4.46. The molecule has 1 heterocycles. The molecule has 1 N–H and O–H groups in total. The van der Waals surface area contributed by atoms with Crippen LogP contribution in [-0.4, -0.2) is 20.0 Å². The fraction of sp³-hybridized carbons (Fsp3) is 0.286. The summed E-state index contributed by atoms with van der Waals surface area (Å²) in [6, 6.07) is 9.85. The van der Waals surface area contributed by atoms with E-state index >= 15 is 0 Å². The van der Waals surface area contributed by atoms with E-state index in [2.05, 4.69) is 32.0 Å². The van der Waals surface area contributed by atoms with Crippen molar-refractivity contribution in [1.29, 1.82) is 0 Å². The lowest BCUT2D eigenvalue weighted by molar-refractivity contribution is 0.0964. The number of nitrogens with zero attached hydrogens (tertiary/aromatic N) is 1. The Kier molecular flexibility index (Phi) is 5.46. The van der Waals surface area contributed by atoms with Gasteiger partial charge in [-0.05, 0) is 48.2 Å². The molecule has 1 atom stereocenters. The third-order valence-corrected chi connectivity index (χ3v) is 5.11. The molecule has 0 bridgehead atoms. The summed E-state index contributed by atoms with van der Waals surface area (Å²) in [6.45, 7) is 4.26. The second-order valence-electron chi connectivity index (χ2n) is 6.63. The molecule has 4 nitrogen and oxygen atoms in total. The number of halogens is 1. The number of carbonyl (C=O) groups is 1. The van der Waals surface area contributed by atoms with Crippen LogP contribution >= 0.6 is 12.8 Å². The van der Waals surface area contributed by atoms with Crippen LogP contribution in [0.25, 0.3) is 22.3 Å². The van der Waals surface area contributed by atoms with Crippen molar-refractivity contribution in [3.63, 3.8) is 0 Å². The molecule has 0 saturated heterocycles. The number of nitrogens with one attached hydrogen (secondary N) is 1. The lowest BCUT2D eigenvalue weighted by Crippen LogP contribution is -2.18. The van der Waals surface area contributed by atoms with E-state index in [1.807, 2.05) is 19.2 Å². The molecule has 142 valence electrons. The predicted molar refractivity (Wildman–Crippen MR) is 111 cm³/mol. The van der Waals surface area contributed by atoms with Crippen molar-refractivity contribution in [1.82, 2.24) is 5.32 Å². The molecule has 1 aromatic heterocycles. The number of thiol groups is 1. The number of fused-ring (bicyclic) bond motifs is 1. The van der Waals surface area contributed by atoms with Crippen LogP contribution in [0, 0.1) is 5.82 Å². The molecule has 0 fully saturated rings. The van der Waals surface area contributed by atoms with Crippen molar-refractivity contribution >= 4 is 35.4 Å². The highest BCUT2D eigenvalue weighted by Gasteiger charge is 2.24. The van der Waals surface area contributed by atoms with Crippen LogP contribution in [0.1, 0.15) is 42.1 Å². The van der Waals surface area contributed by atoms with E-state index in [4.69, 9.17) is 4.42 Å². The van der Waals surface area contributed by atoms with Gasteiger partial charge in [-0.3, -0.25) is 4.79 Å². The summed E-state index contributed by atoms with van der Waals surface area (Å²) in [5.41, 5.74) is 3.73. The molecular weight excluding hydrogens is 363 g/mol. The average molecular weight is 386 g/mol. The van der Waals surface area contributed by atoms with Gasteiger partial charge >= 0.3 is 0 Å². The number of carbonyl (C=O) groups excluding carboxylic acids is 1. The fourth-order valence-electron chi connectivity index (χ4n) is 3.20. The summed E-state index contributed by atoms with van der Waals surface area (Å²) in [5, 5.41) is 3.42. The largest absolute Gasteiger partial charge is 0.455 e. The molecule has 1 amide bonds. The molecule has 0 aliphatic rings. The number of hydrogen-bond donors (Lipinski definition) is 2. The van der Waals surface area contributed by atoms with Gasteiger partial charge in [0.2, 0.25) is 0 Å². The first-order valence-electron chi connectivity index (χ1n) is 8.88. The maximum atomic E-state index is 13.3. The Morgan fingerprint density at radius 2 is 1.96 bits per heavy atom. The van der Waals surface area contributed by atoms with Gasteiger partial charge in [-0.15, -0.1) is 0 Å². The summed E-state index contributed by atoms with van der Waals surface area (Å²) in [7, 11) is 3.45. The van der Waals surface area contributed by atoms with E-state index in [-0.39, 0.29) is 11.7 Å². The molecule has 3 aromatic rings. The molecule has 6 heteroatoms. The third-order valence-electron chi connectivity index (χ3n) is 4.89. The summed E-state index contributed by atoms with van der Waals surface area (Å²) in [6.07, 6.45) is 0.956. The standard InChI is InChI=1S/C21H23FN2O2S/c1-5-12(2)15-10-16-18(11-17(15)24(4)27)26-20(19(16)21(25)23-3)13-6-8-14(22)9-7-13/h6-12,27H,5H2,1-4H3,(H,23,25)/t12-/m1/s1. The molecule has 0 aliphatic heterocycles. The van der Waals surface area contributed by atoms with E-state index in [1.54, 1.807) is 23.5 Å². The van der Waals surface area contributed by atoms with Gasteiger partial charge in [-0.25, -0.2) is 4.39 Å². The maximum Gasteiger partial charge on any atom is 0.255 e. The molecule has 0 aliphatic carbocycles. The number of benzene rings is 2. The molecule has 27 heavy (non-hydrogen) atoms.